The van der Waals surface area contributed by atoms with Crippen LogP contribution in [-0.4, -0.2) is 52.6 Å². The summed E-state index contributed by atoms with van der Waals surface area (Å²) < 4.78 is 2.39. The summed E-state index contributed by atoms with van der Waals surface area (Å²) in [5.74, 6) is 0. The van der Waals surface area contributed by atoms with Crippen molar-refractivity contribution in [1.29, 1.82) is 0 Å². The van der Waals surface area contributed by atoms with E-state index in [-0.39, 0.29) is 11.0 Å². The van der Waals surface area contributed by atoms with Crippen LogP contribution in [-0.2, 0) is 6.54 Å². The van der Waals surface area contributed by atoms with Crippen molar-refractivity contribution in [3.8, 4) is 0 Å². The van der Waals surface area contributed by atoms with Crippen molar-refractivity contribution in [2.24, 2.45) is 0 Å². The molecule has 0 radical (unpaired) electrons. The van der Waals surface area contributed by atoms with Gasteiger partial charge in [0.15, 0.2) is 0 Å². The fourth-order valence-corrected chi connectivity index (χ4v) is 4.26. The molecule has 2 N–H and O–H groups in total. The van der Waals surface area contributed by atoms with Crippen LogP contribution in [0.4, 0.5) is 0 Å². The topological polar surface area (TPSA) is 42.9 Å². The lowest BCUT2D eigenvalue weighted by molar-refractivity contribution is 0.156. The highest BCUT2D eigenvalue weighted by Crippen LogP contribution is 2.33. The van der Waals surface area contributed by atoms with Crippen molar-refractivity contribution in [1.82, 2.24) is 14.4 Å². The number of hydrogen-bond acceptors (Lipinski definition) is 2. The molecule has 0 saturated carbocycles. The van der Waals surface area contributed by atoms with Gasteiger partial charge in [-0.2, -0.15) is 0 Å². The van der Waals surface area contributed by atoms with Gasteiger partial charge < -0.3 is 14.9 Å². The molecule has 1 saturated heterocycles. The zero-order chi connectivity index (χ0) is 14.9. The highest BCUT2D eigenvalue weighted by atomic mass is 35.5. The van der Waals surface area contributed by atoms with E-state index in [0.29, 0.717) is 0 Å². The summed E-state index contributed by atoms with van der Waals surface area (Å²) in [5.41, 5.74) is 2.58. The van der Waals surface area contributed by atoms with Gasteiger partial charge in [-0.25, -0.2) is 0 Å². The first-order valence-corrected chi connectivity index (χ1v) is 8.95. The molecular formula is C18H26ClN3O. The fraction of sp³-hybridized carbons (Fsp3) is 0.556. The molecule has 23 heavy (non-hydrogen) atoms. The minimum absolute atomic E-state index is 0. The Kier molecular flexibility index (Phi) is 5.27. The number of benzene rings is 1. The quantitative estimate of drug-likeness (QED) is 0.639. The molecule has 1 aromatic carbocycles. The number of likely N-dealkylation sites (tertiary alicyclic amines) is 1. The van der Waals surface area contributed by atoms with E-state index in [2.05, 4.69) is 44.7 Å². The number of alkyl halides is 1. The van der Waals surface area contributed by atoms with E-state index < -0.39 is 0 Å². The van der Waals surface area contributed by atoms with Gasteiger partial charge >= 0.3 is 0 Å². The maximum absolute atomic E-state index is 6.79. The summed E-state index contributed by atoms with van der Waals surface area (Å²) in [5, 5.41) is 1.31. The van der Waals surface area contributed by atoms with E-state index >= 15 is 0 Å². The first kappa shape index (κ1) is 16.8. The molecule has 2 aliphatic heterocycles. The first-order valence-electron chi connectivity index (χ1n) is 8.51. The molecular weight excluding hydrogens is 310 g/mol. The van der Waals surface area contributed by atoms with Gasteiger partial charge in [-0.05, 0) is 43.5 Å². The monoisotopic (exact) mass is 335 g/mol. The Hall–Kier alpha value is -1.07. The van der Waals surface area contributed by atoms with E-state index in [1.54, 1.807) is 0 Å². The Morgan fingerprint density at radius 2 is 1.74 bits per heavy atom. The van der Waals surface area contributed by atoms with Gasteiger partial charge in [0.05, 0.1) is 5.69 Å². The first-order chi connectivity index (χ1) is 10.8. The molecule has 126 valence electrons. The van der Waals surface area contributed by atoms with Gasteiger partial charge in [-0.3, -0.25) is 4.90 Å². The van der Waals surface area contributed by atoms with Gasteiger partial charge in [-0.15, -0.1) is 0 Å². The van der Waals surface area contributed by atoms with Crippen LogP contribution < -0.4 is 0 Å². The second-order valence-corrected chi connectivity index (χ2v) is 6.97. The molecule has 2 aliphatic rings. The number of piperidine rings is 1. The van der Waals surface area contributed by atoms with E-state index in [9.17, 15) is 0 Å². The van der Waals surface area contributed by atoms with Gasteiger partial charge in [0, 0.05) is 31.7 Å². The van der Waals surface area contributed by atoms with E-state index in [0.717, 1.165) is 26.2 Å². The number of nitrogens with zero attached hydrogens (tertiary/aromatic N) is 3. The maximum Gasteiger partial charge on any atom is 0.126 e. The van der Waals surface area contributed by atoms with Crippen LogP contribution in [0.3, 0.4) is 0 Å². The van der Waals surface area contributed by atoms with Crippen molar-refractivity contribution in [2.45, 2.75) is 31.3 Å². The minimum atomic E-state index is 0. The summed E-state index contributed by atoms with van der Waals surface area (Å²) >= 11 is 6.79. The van der Waals surface area contributed by atoms with Crippen LogP contribution in [0, 0.1) is 0 Å². The molecule has 3 heterocycles. The molecule has 2 aromatic rings. The standard InChI is InChI=1S/C18H24ClN3.H2O/c19-18-17-14-15-6-2-3-7-16(15)22(17)13-12-21(18)11-10-20-8-4-1-5-9-20;/h2-3,6-7,14,18H,1,4-5,8-13H2;1H2. The van der Waals surface area contributed by atoms with Crippen LogP contribution in [0.2, 0.25) is 0 Å². The predicted molar refractivity (Wildman–Crippen MR) is 96.0 cm³/mol. The number of hydrogen-bond donors (Lipinski definition) is 0. The molecule has 5 heteroatoms. The van der Waals surface area contributed by atoms with Gasteiger partial charge in [-0.1, -0.05) is 36.2 Å². The van der Waals surface area contributed by atoms with Crippen molar-refractivity contribution >= 4 is 22.5 Å². The molecule has 1 unspecified atom stereocenters. The van der Waals surface area contributed by atoms with Crippen molar-refractivity contribution in [2.75, 3.05) is 32.7 Å². The lowest BCUT2D eigenvalue weighted by Crippen LogP contribution is -2.42. The Balaban J connectivity index is 0.00000156. The Labute approximate surface area is 142 Å². The summed E-state index contributed by atoms with van der Waals surface area (Å²) in [6.45, 7) is 6.86. The third kappa shape index (κ3) is 3.26. The lowest BCUT2D eigenvalue weighted by Gasteiger charge is -2.35. The van der Waals surface area contributed by atoms with Gasteiger partial charge in [0.25, 0.3) is 0 Å². The van der Waals surface area contributed by atoms with Crippen LogP contribution in [0.15, 0.2) is 30.3 Å². The number of aromatic nitrogens is 1. The molecule has 1 aromatic heterocycles. The molecule has 4 rings (SSSR count). The highest BCUT2D eigenvalue weighted by Gasteiger charge is 2.27. The van der Waals surface area contributed by atoms with Crippen molar-refractivity contribution < 1.29 is 5.48 Å². The summed E-state index contributed by atoms with van der Waals surface area (Å²) in [6.07, 6.45) is 4.12. The molecule has 0 aliphatic carbocycles. The zero-order valence-electron chi connectivity index (χ0n) is 13.5. The Morgan fingerprint density at radius 3 is 2.57 bits per heavy atom. The van der Waals surface area contributed by atoms with Gasteiger partial charge in [0.1, 0.15) is 5.50 Å². The maximum atomic E-state index is 6.79. The van der Waals surface area contributed by atoms with E-state index in [1.165, 1.54) is 48.9 Å². The number of para-hydroxylation sites is 1. The fourth-order valence-electron chi connectivity index (χ4n) is 3.89. The third-order valence-corrected chi connectivity index (χ3v) is 5.67. The normalized spacial score (nSPS) is 22.7. The molecule has 1 fully saturated rings. The second-order valence-electron chi connectivity index (χ2n) is 6.55. The largest absolute Gasteiger partial charge is 0.412 e. The van der Waals surface area contributed by atoms with E-state index in [1.807, 2.05) is 0 Å². The van der Waals surface area contributed by atoms with Crippen LogP contribution in [0.1, 0.15) is 30.5 Å². The van der Waals surface area contributed by atoms with E-state index in [4.69, 9.17) is 11.6 Å². The van der Waals surface area contributed by atoms with Crippen molar-refractivity contribution in [3.05, 3.63) is 36.0 Å². The van der Waals surface area contributed by atoms with Gasteiger partial charge in [0.2, 0.25) is 0 Å². The highest BCUT2D eigenvalue weighted by molar-refractivity contribution is 6.20. The Morgan fingerprint density at radius 1 is 0.957 bits per heavy atom. The third-order valence-electron chi connectivity index (χ3n) is 5.17. The number of fused-ring (bicyclic) bond motifs is 3. The minimum Gasteiger partial charge on any atom is -0.412 e. The predicted octanol–water partition coefficient (Wildman–Crippen LogP) is 2.86. The summed E-state index contributed by atoms with van der Waals surface area (Å²) in [6, 6.07) is 10.9. The van der Waals surface area contributed by atoms with Crippen LogP contribution in [0.5, 0.6) is 0 Å². The average molecular weight is 336 g/mol. The molecule has 0 bridgehead atoms. The van der Waals surface area contributed by atoms with Crippen molar-refractivity contribution in [3.63, 3.8) is 0 Å². The average Bonchev–Trinajstić information content (AvgIpc) is 2.95. The number of rotatable bonds is 3. The lowest BCUT2D eigenvalue weighted by atomic mass is 10.1. The summed E-state index contributed by atoms with van der Waals surface area (Å²) in [7, 11) is 0. The second kappa shape index (κ2) is 7.22. The molecule has 1 atom stereocenters. The van der Waals surface area contributed by atoms with Crippen LogP contribution >= 0.6 is 11.6 Å². The smallest absolute Gasteiger partial charge is 0.126 e. The molecule has 0 amide bonds. The molecule has 4 nitrogen and oxygen atoms in total. The Bertz CT molecular complexity index is 651. The number of halogens is 1. The SMILES string of the molecule is ClC1c2cc3ccccc3n2CCN1CCN1CCCCC1.O. The van der Waals surface area contributed by atoms with Crippen LogP contribution in [0.25, 0.3) is 10.9 Å². The summed E-state index contributed by atoms with van der Waals surface area (Å²) in [4.78, 5) is 5.03. The molecule has 0 spiro atoms. The zero-order valence-corrected chi connectivity index (χ0v) is 14.3.